The average Bonchev–Trinajstić information content (AvgIpc) is 3.44. The van der Waals surface area contributed by atoms with Crippen LogP contribution in [0.5, 0.6) is 0 Å². The Morgan fingerprint density at radius 1 is 0.830 bits per heavy atom. The van der Waals surface area contributed by atoms with Crippen LogP contribution in [0.15, 0.2) is 12.2 Å². The molecule has 0 spiro atoms. The Labute approximate surface area is 307 Å². The molecule has 0 aromatic carbocycles. The van der Waals surface area contributed by atoms with E-state index in [1.54, 1.807) is 26.0 Å². The molecular formula is C32H60N6O15. The fourth-order valence-corrected chi connectivity index (χ4v) is 6.82. The second-order valence-corrected chi connectivity index (χ2v) is 14.0. The number of carbonyl (C=O) groups is 1. The van der Waals surface area contributed by atoms with Crippen molar-refractivity contribution in [1.29, 1.82) is 0 Å². The predicted molar refractivity (Wildman–Crippen MR) is 182 cm³/mol. The second-order valence-electron chi connectivity index (χ2n) is 14.0. The van der Waals surface area contributed by atoms with Crippen molar-refractivity contribution in [2.75, 3.05) is 26.2 Å². The van der Waals surface area contributed by atoms with Gasteiger partial charge in [0.2, 0.25) is 0 Å². The van der Waals surface area contributed by atoms with Gasteiger partial charge in [-0.2, -0.15) is 0 Å². The van der Waals surface area contributed by atoms with Gasteiger partial charge in [-0.25, -0.2) is 0 Å². The van der Waals surface area contributed by atoms with Gasteiger partial charge in [0.25, 0.3) is 5.91 Å². The fourth-order valence-electron chi connectivity index (χ4n) is 6.82. The molecular weight excluding hydrogens is 708 g/mol. The van der Waals surface area contributed by atoms with E-state index in [0.29, 0.717) is 12.8 Å². The van der Waals surface area contributed by atoms with E-state index in [1.807, 2.05) is 0 Å². The lowest BCUT2D eigenvalue weighted by molar-refractivity contribution is -0.285. The minimum absolute atomic E-state index is 0.0925. The molecule has 53 heavy (non-hydrogen) atoms. The van der Waals surface area contributed by atoms with Crippen molar-refractivity contribution >= 4 is 5.91 Å². The third kappa shape index (κ3) is 10.7. The molecule has 20 unspecified atom stereocenters. The van der Waals surface area contributed by atoms with E-state index in [0.717, 1.165) is 0 Å². The lowest BCUT2D eigenvalue weighted by Crippen LogP contribution is -2.67. The maximum Gasteiger partial charge on any atom is 0.251 e. The molecule has 3 heterocycles. The molecule has 1 saturated carbocycles. The quantitative estimate of drug-likeness (QED) is 0.0611. The lowest BCUT2D eigenvalue weighted by atomic mass is 9.83. The van der Waals surface area contributed by atoms with Crippen molar-refractivity contribution in [3.63, 3.8) is 0 Å². The van der Waals surface area contributed by atoms with Gasteiger partial charge in [-0.15, -0.1) is 0 Å². The molecule has 18 N–H and O–H groups in total. The molecule has 308 valence electrons. The van der Waals surface area contributed by atoms with Gasteiger partial charge >= 0.3 is 0 Å². The van der Waals surface area contributed by atoms with Crippen molar-refractivity contribution in [2.45, 2.75) is 155 Å². The molecule has 0 aromatic heterocycles. The number of hydrogen-bond donors (Lipinski definition) is 14. The van der Waals surface area contributed by atoms with E-state index < -0.39 is 141 Å². The minimum atomic E-state index is -1.91. The van der Waals surface area contributed by atoms with E-state index in [1.165, 1.54) is 0 Å². The molecule has 2 saturated heterocycles. The third-order valence-electron chi connectivity index (χ3n) is 10.0. The SMILES string of the molecule is CCC1OC(OC2C(CC)OC(OC3C(O)C(NC(=O)C(O)C(O)CN)CC(N)C3OC3OC(CNCC(O)CO)C=CC3N)C2O)C(N)C(O)C1O. The Morgan fingerprint density at radius 2 is 1.47 bits per heavy atom. The summed E-state index contributed by atoms with van der Waals surface area (Å²) in [7, 11) is 0. The highest BCUT2D eigenvalue weighted by atomic mass is 16.8. The Morgan fingerprint density at radius 3 is 2.11 bits per heavy atom. The number of hydrogen-bond acceptors (Lipinski definition) is 20. The topological polar surface area (TPSA) is 362 Å². The van der Waals surface area contributed by atoms with Crippen LogP contribution in [0.2, 0.25) is 0 Å². The summed E-state index contributed by atoms with van der Waals surface area (Å²) in [6.07, 6.45) is -16.1. The number of ether oxygens (including phenoxy) is 6. The van der Waals surface area contributed by atoms with Gasteiger partial charge in [0.1, 0.15) is 48.8 Å². The molecule has 20 atom stereocenters. The standard InChI is InChI=1S/C32H60N6O15/c1-3-18-23(44)24(45)20(36)31(49-18)52-27-19(4-2)50-32(25(27)46)53-28-21(42)16(38-29(47)22(43)17(41)8-33)7-15(35)26(28)51-30-14(34)6-5-13(48-30)10-37-9-12(40)11-39/h5-6,12-28,30-32,37,39-46H,3-4,7-11,33-36H2,1-2H3,(H,38,47). The van der Waals surface area contributed by atoms with Gasteiger partial charge < -0.3 is 103 Å². The number of rotatable bonds is 17. The molecule has 0 aromatic rings. The largest absolute Gasteiger partial charge is 0.394 e. The van der Waals surface area contributed by atoms with Gasteiger partial charge in [0.05, 0.1) is 49.1 Å². The summed E-state index contributed by atoms with van der Waals surface area (Å²) in [5.74, 6) is -1.03. The maximum absolute atomic E-state index is 12.8. The van der Waals surface area contributed by atoms with Gasteiger partial charge in [0.15, 0.2) is 25.0 Å². The molecule has 1 amide bonds. The molecule has 4 aliphatic rings. The fraction of sp³-hybridized carbons (Fsp3) is 0.906. The molecule has 3 fully saturated rings. The van der Waals surface area contributed by atoms with Crippen molar-refractivity contribution in [3.05, 3.63) is 12.2 Å². The summed E-state index contributed by atoms with van der Waals surface area (Å²) in [4.78, 5) is 12.8. The molecule has 1 aliphatic carbocycles. The molecule has 0 bridgehead atoms. The van der Waals surface area contributed by atoms with Crippen LogP contribution in [0.3, 0.4) is 0 Å². The molecule has 0 radical (unpaired) electrons. The van der Waals surface area contributed by atoms with Crippen LogP contribution < -0.4 is 33.6 Å². The zero-order valence-corrected chi connectivity index (χ0v) is 29.9. The first-order valence-corrected chi connectivity index (χ1v) is 18.1. The molecule has 4 rings (SSSR count). The highest BCUT2D eigenvalue weighted by molar-refractivity contribution is 5.81. The number of carbonyl (C=O) groups excluding carboxylic acids is 1. The van der Waals surface area contributed by atoms with Gasteiger partial charge in [0, 0.05) is 25.7 Å². The van der Waals surface area contributed by atoms with Gasteiger partial charge in [-0.05, 0) is 19.3 Å². The minimum Gasteiger partial charge on any atom is -0.394 e. The van der Waals surface area contributed by atoms with Crippen LogP contribution in [-0.2, 0) is 33.2 Å². The van der Waals surface area contributed by atoms with Crippen LogP contribution >= 0.6 is 0 Å². The smallest absolute Gasteiger partial charge is 0.251 e. The normalized spacial score (nSPS) is 43.7. The van der Waals surface area contributed by atoms with Crippen molar-refractivity contribution in [2.24, 2.45) is 22.9 Å². The monoisotopic (exact) mass is 768 g/mol. The van der Waals surface area contributed by atoms with Crippen molar-refractivity contribution in [3.8, 4) is 0 Å². The number of aliphatic hydroxyl groups excluding tert-OH is 8. The first-order valence-electron chi connectivity index (χ1n) is 18.1. The zero-order valence-electron chi connectivity index (χ0n) is 29.9. The summed E-state index contributed by atoms with van der Waals surface area (Å²) in [5.41, 5.74) is 24.4. The van der Waals surface area contributed by atoms with Crippen LogP contribution in [0.4, 0.5) is 0 Å². The number of nitrogens with one attached hydrogen (secondary N) is 2. The number of nitrogens with two attached hydrogens (primary N) is 4. The van der Waals surface area contributed by atoms with E-state index in [9.17, 15) is 40.5 Å². The van der Waals surface area contributed by atoms with Crippen LogP contribution in [0, 0.1) is 0 Å². The molecule has 3 aliphatic heterocycles. The highest BCUT2D eigenvalue weighted by Crippen LogP contribution is 2.35. The first kappa shape index (κ1) is 44.2. The van der Waals surface area contributed by atoms with E-state index in [4.69, 9.17) is 56.5 Å². The molecule has 21 heteroatoms. The van der Waals surface area contributed by atoms with E-state index in [2.05, 4.69) is 10.6 Å². The zero-order chi connectivity index (χ0) is 39.1. The van der Waals surface area contributed by atoms with Crippen LogP contribution in [0.1, 0.15) is 33.1 Å². The highest BCUT2D eigenvalue weighted by Gasteiger charge is 2.54. The maximum atomic E-state index is 12.8. The number of aliphatic hydroxyl groups is 8. The van der Waals surface area contributed by atoms with E-state index in [-0.39, 0.29) is 19.5 Å². The van der Waals surface area contributed by atoms with Gasteiger partial charge in [-0.1, -0.05) is 26.0 Å². The van der Waals surface area contributed by atoms with Crippen LogP contribution in [0.25, 0.3) is 0 Å². The van der Waals surface area contributed by atoms with Crippen LogP contribution in [-0.4, -0.2) is 195 Å². The average molecular weight is 769 g/mol. The Balaban J connectivity index is 1.54. The third-order valence-corrected chi connectivity index (χ3v) is 10.0. The lowest BCUT2D eigenvalue weighted by Gasteiger charge is -2.46. The van der Waals surface area contributed by atoms with E-state index >= 15 is 0 Å². The Kier molecular flexibility index (Phi) is 16.7. The summed E-state index contributed by atoms with van der Waals surface area (Å²) >= 11 is 0. The predicted octanol–water partition coefficient (Wildman–Crippen LogP) is -7.37. The second kappa shape index (κ2) is 20.0. The summed E-state index contributed by atoms with van der Waals surface area (Å²) in [6, 6.07) is -4.11. The van der Waals surface area contributed by atoms with Crippen molar-refractivity contribution in [1.82, 2.24) is 10.6 Å². The Hall–Kier alpha value is -1.55. The Bertz CT molecular complexity index is 1160. The summed E-state index contributed by atoms with van der Waals surface area (Å²) < 4.78 is 36.5. The van der Waals surface area contributed by atoms with Crippen molar-refractivity contribution < 1.29 is 74.1 Å². The molecule has 21 nitrogen and oxygen atoms in total. The van der Waals surface area contributed by atoms with Gasteiger partial charge in [-0.3, -0.25) is 4.79 Å². The first-order chi connectivity index (χ1) is 25.1. The summed E-state index contributed by atoms with van der Waals surface area (Å²) in [5, 5.41) is 88.4. The summed E-state index contributed by atoms with van der Waals surface area (Å²) in [6.45, 7) is 2.98. The number of amides is 1.